The van der Waals surface area contributed by atoms with Crippen molar-refractivity contribution in [1.82, 2.24) is 4.90 Å². The molecule has 1 aromatic rings. The third kappa shape index (κ3) is 4.28. The number of hydrogen-bond acceptors (Lipinski definition) is 2. The molecule has 0 heterocycles. The summed E-state index contributed by atoms with van der Waals surface area (Å²) in [6.07, 6.45) is 0.939. The molecule has 15 heavy (non-hydrogen) atoms. The van der Waals surface area contributed by atoms with E-state index in [9.17, 15) is 4.39 Å². The van der Waals surface area contributed by atoms with Gasteiger partial charge in [0.25, 0.3) is 0 Å². The molecule has 0 unspecified atom stereocenters. The third-order valence-electron chi connectivity index (χ3n) is 2.20. The summed E-state index contributed by atoms with van der Waals surface area (Å²) < 4.78 is 14.2. The van der Waals surface area contributed by atoms with Gasteiger partial charge in [0, 0.05) is 16.6 Å². The van der Waals surface area contributed by atoms with E-state index in [1.54, 1.807) is 6.07 Å². The van der Waals surface area contributed by atoms with Crippen molar-refractivity contribution in [3.63, 3.8) is 0 Å². The molecule has 0 aliphatic carbocycles. The van der Waals surface area contributed by atoms with E-state index in [0.29, 0.717) is 13.1 Å². The molecule has 0 aliphatic rings. The highest BCUT2D eigenvalue weighted by Gasteiger charge is 2.05. The van der Waals surface area contributed by atoms with Gasteiger partial charge in [-0.3, -0.25) is 0 Å². The molecule has 0 aliphatic heterocycles. The first-order valence-corrected chi connectivity index (χ1v) is 5.75. The van der Waals surface area contributed by atoms with E-state index in [4.69, 9.17) is 5.73 Å². The molecule has 0 aromatic heterocycles. The molecule has 2 nitrogen and oxygen atoms in total. The zero-order chi connectivity index (χ0) is 11.3. The summed E-state index contributed by atoms with van der Waals surface area (Å²) in [5.41, 5.74) is 6.13. The lowest BCUT2D eigenvalue weighted by molar-refractivity contribution is 0.318. The topological polar surface area (TPSA) is 29.3 Å². The molecule has 0 saturated carbocycles. The average Bonchev–Trinajstić information content (AvgIpc) is 2.19. The van der Waals surface area contributed by atoms with Gasteiger partial charge in [-0.25, -0.2) is 4.39 Å². The molecule has 84 valence electrons. The lowest BCUT2D eigenvalue weighted by atomic mass is 10.2. The summed E-state index contributed by atoms with van der Waals surface area (Å²) in [6, 6.07) is 5.15. The zero-order valence-electron chi connectivity index (χ0n) is 8.84. The van der Waals surface area contributed by atoms with Gasteiger partial charge in [-0.1, -0.05) is 22.0 Å². The van der Waals surface area contributed by atoms with Gasteiger partial charge in [0.15, 0.2) is 0 Å². The Bertz CT molecular complexity index is 317. The first kappa shape index (κ1) is 12.6. The van der Waals surface area contributed by atoms with Crippen LogP contribution in [-0.2, 0) is 6.54 Å². The highest BCUT2D eigenvalue weighted by atomic mass is 79.9. The number of hydrogen-bond donors (Lipinski definition) is 1. The van der Waals surface area contributed by atoms with Crippen LogP contribution in [0.3, 0.4) is 0 Å². The van der Waals surface area contributed by atoms with Crippen molar-refractivity contribution in [3.05, 3.63) is 34.1 Å². The lowest BCUT2D eigenvalue weighted by Crippen LogP contribution is -2.21. The fraction of sp³-hybridized carbons (Fsp3) is 0.455. The maximum absolute atomic E-state index is 13.5. The molecule has 0 amide bonds. The van der Waals surface area contributed by atoms with Gasteiger partial charge in [0.2, 0.25) is 0 Å². The van der Waals surface area contributed by atoms with E-state index >= 15 is 0 Å². The molecule has 0 radical (unpaired) electrons. The van der Waals surface area contributed by atoms with Crippen LogP contribution in [-0.4, -0.2) is 25.0 Å². The zero-order valence-corrected chi connectivity index (χ0v) is 10.4. The van der Waals surface area contributed by atoms with Crippen LogP contribution in [0.5, 0.6) is 0 Å². The van der Waals surface area contributed by atoms with Crippen molar-refractivity contribution in [2.24, 2.45) is 5.73 Å². The number of nitrogens with zero attached hydrogens (tertiary/aromatic N) is 1. The van der Waals surface area contributed by atoms with Crippen LogP contribution < -0.4 is 5.73 Å². The summed E-state index contributed by atoms with van der Waals surface area (Å²) in [6.45, 7) is 2.19. The van der Waals surface area contributed by atoms with Gasteiger partial charge in [0.1, 0.15) is 5.82 Å². The summed E-state index contributed by atoms with van der Waals surface area (Å²) in [4.78, 5) is 2.07. The average molecular weight is 275 g/mol. The van der Waals surface area contributed by atoms with Crippen LogP contribution in [0.25, 0.3) is 0 Å². The summed E-state index contributed by atoms with van der Waals surface area (Å²) >= 11 is 3.23. The largest absolute Gasteiger partial charge is 0.330 e. The van der Waals surface area contributed by atoms with E-state index in [0.717, 1.165) is 23.0 Å². The van der Waals surface area contributed by atoms with Gasteiger partial charge >= 0.3 is 0 Å². The third-order valence-corrected chi connectivity index (χ3v) is 2.69. The number of benzene rings is 1. The van der Waals surface area contributed by atoms with E-state index in [-0.39, 0.29) is 5.82 Å². The Morgan fingerprint density at radius 2 is 2.20 bits per heavy atom. The molecule has 4 heteroatoms. The normalized spacial score (nSPS) is 11.0. The number of halogens is 2. The minimum atomic E-state index is -0.163. The van der Waals surface area contributed by atoms with Crippen LogP contribution in [0.1, 0.15) is 12.0 Å². The second-order valence-electron chi connectivity index (χ2n) is 3.62. The fourth-order valence-corrected chi connectivity index (χ4v) is 1.71. The fourth-order valence-electron chi connectivity index (χ4n) is 1.38. The van der Waals surface area contributed by atoms with Crippen molar-refractivity contribution in [2.45, 2.75) is 13.0 Å². The van der Waals surface area contributed by atoms with Crippen LogP contribution in [0.4, 0.5) is 4.39 Å². The van der Waals surface area contributed by atoms with E-state index in [1.165, 1.54) is 6.07 Å². The SMILES string of the molecule is CN(CCCN)Cc1ccc(Br)cc1F. The molecule has 0 spiro atoms. The quantitative estimate of drug-likeness (QED) is 0.894. The second-order valence-corrected chi connectivity index (χ2v) is 4.53. The summed E-state index contributed by atoms with van der Waals surface area (Å²) in [5, 5.41) is 0. The Hall–Kier alpha value is -0.450. The smallest absolute Gasteiger partial charge is 0.128 e. The predicted molar refractivity (Wildman–Crippen MR) is 64.1 cm³/mol. The van der Waals surface area contributed by atoms with Crippen LogP contribution in [0.2, 0.25) is 0 Å². The molecule has 0 bridgehead atoms. The van der Waals surface area contributed by atoms with Crippen molar-refractivity contribution in [1.29, 1.82) is 0 Å². The van der Waals surface area contributed by atoms with Gasteiger partial charge in [-0.05, 0) is 38.7 Å². The monoisotopic (exact) mass is 274 g/mol. The molecular weight excluding hydrogens is 259 g/mol. The van der Waals surface area contributed by atoms with Crippen molar-refractivity contribution < 1.29 is 4.39 Å². The minimum Gasteiger partial charge on any atom is -0.330 e. The highest BCUT2D eigenvalue weighted by molar-refractivity contribution is 9.10. The van der Waals surface area contributed by atoms with E-state index in [2.05, 4.69) is 20.8 Å². The molecule has 2 N–H and O–H groups in total. The van der Waals surface area contributed by atoms with Crippen LogP contribution >= 0.6 is 15.9 Å². The maximum atomic E-state index is 13.5. The number of nitrogens with two attached hydrogens (primary N) is 1. The van der Waals surface area contributed by atoms with Gasteiger partial charge in [-0.2, -0.15) is 0 Å². The summed E-state index contributed by atoms with van der Waals surface area (Å²) in [7, 11) is 1.97. The Labute approximate surface area is 98.4 Å². The van der Waals surface area contributed by atoms with Gasteiger partial charge in [0.05, 0.1) is 0 Å². The number of rotatable bonds is 5. The molecular formula is C11H16BrFN2. The standard InChI is InChI=1S/C11H16BrFN2/c1-15(6-2-5-14)8-9-3-4-10(12)7-11(9)13/h3-4,7H,2,5-6,8,14H2,1H3. The molecule has 0 saturated heterocycles. The van der Waals surface area contributed by atoms with Crippen LogP contribution in [0.15, 0.2) is 22.7 Å². The van der Waals surface area contributed by atoms with E-state index < -0.39 is 0 Å². The molecule has 1 rings (SSSR count). The lowest BCUT2D eigenvalue weighted by Gasteiger charge is -2.16. The van der Waals surface area contributed by atoms with Crippen molar-refractivity contribution >= 4 is 15.9 Å². The highest BCUT2D eigenvalue weighted by Crippen LogP contribution is 2.16. The first-order valence-electron chi connectivity index (χ1n) is 4.96. The predicted octanol–water partition coefficient (Wildman–Crippen LogP) is 2.37. The second kappa shape index (κ2) is 6.20. The molecule has 1 aromatic carbocycles. The Morgan fingerprint density at radius 3 is 2.80 bits per heavy atom. The maximum Gasteiger partial charge on any atom is 0.128 e. The Morgan fingerprint density at radius 1 is 1.47 bits per heavy atom. The minimum absolute atomic E-state index is 0.163. The Kier molecular flexibility index (Phi) is 5.22. The van der Waals surface area contributed by atoms with Crippen molar-refractivity contribution in [3.8, 4) is 0 Å². The van der Waals surface area contributed by atoms with Gasteiger partial charge < -0.3 is 10.6 Å². The van der Waals surface area contributed by atoms with Crippen LogP contribution in [0, 0.1) is 5.82 Å². The molecule has 0 fully saturated rings. The summed E-state index contributed by atoms with van der Waals surface area (Å²) in [5.74, 6) is -0.163. The van der Waals surface area contributed by atoms with Crippen molar-refractivity contribution in [2.75, 3.05) is 20.1 Å². The molecule has 0 atom stereocenters. The van der Waals surface area contributed by atoms with E-state index in [1.807, 2.05) is 13.1 Å². The van der Waals surface area contributed by atoms with Gasteiger partial charge in [-0.15, -0.1) is 0 Å². The first-order chi connectivity index (χ1) is 7.13. The Balaban J connectivity index is 2.56.